The van der Waals surface area contributed by atoms with Crippen molar-refractivity contribution in [3.63, 3.8) is 0 Å². The first-order chi connectivity index (χ1) is 5.66. The van der Waals surface area contributed by atoms with E-state index in [-0.39, 0.29) is 11.3 Å². The molecule has 0 saturated heterocycles. The number of rotatable bonds is 2. The Morgan fingerprint density at radius 3 is 2.67 bits per heavy atom. The summed E-state index contributed by atoms with van der Waals surface area (Å²) in [5.41, 5.74) is 0.0602. The van der Waals surface area contributed by atoms with Gasteiger partial charge in [-0.1, -0.05) is 12.6 Å². The van der Waals surface area contributed by atoms with Crippen molar-refractivity contribution in [3.05, 3.63) is 36.4 Å². The van der Waals surface area contributed by atoms with Crippen molar-refractivity contribution in [3.8, 4) is 11.5 Å². The Balaban J connectivity index is 3.25. The third-order valence-corrected chi connectivity index (χ3v) is 1.47. The number of para-hydroxylation sites is 1. The molecule has 0 amide bonds. The van der Waals surface area contributed by atoms with Crippen molar-refractivity contribution < 1.29 is 15.0 Å². The van der Waals surface area contributed by atoms with Gasteiger partial charge in [0.2, 0.25) is 0 Å². The van der Waals surface area contributed by atoms with E-state index in [0.29, 0.717) is 0 Å². The topological polar surface area (TPSA) is 57.5 Å². The van der Waals surface area contributed by atoms with E-state index >= 15 is 0 Å². The standard InChI is InChI=1S/C9H8O3/c1-2-7(10)6-4-3-5-8(11)9(6)12/h2-5,11-12H,1H2. The molecule has 1 rings (SSSR count). The molecule has 0 heterocycles. The summed E-state index contributed by atoms with van der Waals surface area (Å²) < 4.78 is 0. The molecule has 0 unspecified atom stereocenters. The molecule has 0 bridgehead atoms. The van der Waals surface area contributed by atoms with Gasteiger partial charge in [0, 0.05) is 0 Å². The van der Waals surface area contributed by atoms with Gasteiger partial charge in [-0.3, -0.25) is 4.79 Å². The molecular formula is C9H8O3. The fraction of sp³-hybridized carbons (Fsp3) is 0. The molecule has 62 valence electrons. The van der Waals surface area contributed by atoms with E-state index in [9.17, 15) is 9.90 Å². The SMILES string of the molecule is C=CC(=O)c1cccc(O)c1O. The normalized spacial score (nSPS) is 9.33. The van der Waals surface area contributed by atoms with Crippen LogP contribution in [0.2, 0.25) is 0 Å². The van der Waals surface area contributed by atoms with Crippen LogP contribution in [0.15, 0.2) is 30.9 Å². The number of hydrogen-bond donors (Lipinski definition) is 2. The van der Waals surface area contributed by atoms with Crippen molar-refractivity contribution in [1.29, 1.82) is 0 Å². The number of carbonyl (C=O) groups excluding carboxylic acids is 1. The highest BCUT2D eigenvalue weighted by atomic mass is 16.3. The molecule has 0 atom stereocenters. The predicted octanol–water partition coefficient (Wildman–Crippen LogP) is 1.47. The Labute approximate surface area is 69.6 Å². The molecule has 1 aromatic carbocycles. The quantitative estimate of drug-likeness (QED) is 0.395. The maximum absolute atomic E-state index is 11.0. The van der Waals surface area contributed by atoms with Crippen LogP contribution in [0.3, 0.4) is 0 Å². The highest BCUT2D eigenvalue weighted by Gasteiger charge is 2.09. The lowest BCUT2D eigenvalue weighted by atomic mass is 10.1. The molecule has 1 aromatic rings. The lowest BCUT2D eigenvalue weighted by Gasteiger charge is -2.01. The zero-order valence-electron chi connectivity index (χ0n) is 6.32. The van der Waals surface area contributed by atoms with Gasteiger partial charge in [-0.15, -0.1) is 0 Å². The minimum atomic E-state index is -0.414. The molecule has 0 fully saturated rings. The molecule has 12 heavy (non-hydrogen) atoms. The second kappa shape index (κ2) is 3.09. The Kier molecular flexibility index (Phi) is 2.14. The van der Waals surface area contributed by atoms with Crippen LogP contribution in [0, 0.1) is 0 Å². The largest absolute Gasteiger partial charge is 0.504 e. The van der Waals surface area contributed by atoms with E-state index in [2.05, 4.69) is 6.58 Å². The average Bonchev–Trinajstić information content (AvgIpc) is 2.08. The van der Waals surface area contributed by atoms with Crippen LogP contribution >= 0.6 is 0 Å². The van der Waals surface area contributed by atoms with Crippen LogP contribution in [-0.2, 0) is 0 Å². The number of hydrogen-bond acceptors (Lipinski definition) is 3. The van der Waals surface area contributed by atoms with Gasteiger partial charge in [0.15, 0.2) is 17.3 Å². The van der Waals surface area contributed by atoms with Gasteiger partial charge < -0.3 is 10.2 Å². The minimum Gasteiger partial charge on any atom is -0.504 e. The van der Waals surface area contributed by atoms with Crippen LogP contribution in [-0.4, -0.2) is 16.0 Å². The molecule has 0 radical (unpaired) electrons. The number of ketones is 1. The zero-order valence-corrected chi connectivity index (χ0v) is 6.32. The maximum Gasteiger partial charge on any atom is 0.189 e. The lowest BCUT2D eigenvalue weighted by Crippen LogP contribution is -1.93. The third kappa shape index (κ3) is 1.29. The highest BCUT2D eigenvalue weighted by Crippen LogP contribution is 2.28. The van der Waals surface area contributed by atoms with Crippen LogP contribution in [0.25, 0.3) is 0 Å². The van der Waals surface area contributed by atoms with Gasteiger partial charge in [-0.2, -0.15) is 0 Å². The number of aromatic hydroxyl groups is 2. The first-order valence-electron chi connectivity index (χ1n) is 3.34. The minimum absolute atomic E-state index is 0.0602. The molecule has 0 saturated carbocycles. The van der Waals surface area contributed by atoms with Gasteiger partial charge in [-0.05, 0) is 18.2 Å². The second-order valence-electron chi connectivity index (χ2n) is 2.24. The smallest absolute Gasteiger partial charge is 0.189 e. The molecule has 0 aliphatic carbocycles. The summed E-state index contributed by atoms with van der Waals surface area (Å²) in [5.74, 6) is -1.12. The maximum atomic E-state index is 11.0. The number of benzene rings is 1. The van der Waals surface area contributed by atoms with Crippen LogP contribution in [0.5, 0.6) is 11.5 Å². The highest BCUT2D eigenvalue weighted by molar-refractivity contribution is 6.06. The second-order valence-corrected chi connectivity index (χ2v) is 2.24. The van der Waals surface area contributed by atoms with E-state index in [1.807, 2.05) is 0 Å². The fourth-order valence-corrected chi connectivity index (χ4v) is 0.840. The van der Waals surface area contributed by atoms with Crippen molar-refractivity contribution in [2.24, 2.45) is 0 Å². The van der Waals surface area contributed by atoms with E-state index in [0.717, 1.165) is 6.08 Å². The molecular weight excluding hydrogens is 156 g/mol. The number of phenolic OH excluding ortho intramolecular Hbond substituents is 2. The van der Waals surface area contributed by atoms with Crippen molar-refractivity contribution in [2.45, 2.75) is 0 Å². The Morgan fingerprint density at radius 1 is 1.42 bits per heavy atom. The van der Waals surface area contributed by atoms with Crippen molar-refractivity contribution >= 4 is 5.78 Å². The molecule has 0 aromatic heterocycles. The number of phenols is 2. The fourth-order valence-electron chi connectivity index (χ4n) is 0.840. The number of allylic oxidation sites excluding steroid dienone is 1. The predicted molar refractivity (Wildman–Crippen MR) is 44.3 cm³/mol. The van der Waals surface area contributed by atoms with Crippen LogP contribution in [0.1, 0.15) is 10.4 Å². The van der Waals surface area contributed by atoms with Gasteiger partial charge in [0.25, 0.3) is 0 Å². The monoisotopic (exact) mass is 164 g/mol. The zero-order chi connectivity index (χ0) is 9.14. The molecule has 0 spiro atoms. The molecule has 0 aliphatic heterocycles. The Hall–Kier alpha value is -1.77. The van der Waals surface area contributed by atoms with Gasteiger partial charge in [0.05, 0.1) is 5.56 Å². The lowest BCUT2D eigenvalue weighted by molar-refractivity contribution is 0.104. The third-order valence-electron chi connectivity index (χ3n) is 1.47. The van der Waals surface area contributed by atoms with Crippen molar-refractivity contribution in [1.82, 2.24) is 0 Å². The number of carbonyl (C=O) groups is 1. The Morgan fingerprint density at radius 2 is 2.08 bits per heavy atom. The first-order valence-corrected chi connectivity index (χ1v) is 3.34. The van der Waals surface area contributed by atoms with E-state index in [4.69, 9.17) is 5.11 Å². The summed E-state index contributed by atoms with van der Waals surface area (Å²) in [6.07, 6.45) is 1.08. The summed E-state index contributed by atoms with van der Waals surface area (Å²) in [5, 5.41) is 18.2. The van der Waals surface area contributed by atoms with Crippen LogP contribution < -0.4 is 0 Å². The molecule has 3 heteroatoms. The van der Waals surface area contributed by atoms with E-state index < -0.39 is 11.5 Å². The summed E-state index contributed by atoms with van der Waals surface area (Å²) >= 11 is 0. The average molecular weight is 164 g/mol. The molecule has 2 N–H and O–H groups in total. The van der Waals surface area contributed by atoms with Gasteiger partial charge in [-0.25, -0.2) is 0 Å². The van der Waals surface area contributed by atoms with E-state index in [1.165, 1.54) is 18.2 Å². The first kappa shape index (κ1) is 8.33. The van der Waals surface area contributed by atoms with Crippen molar-refractivity contribution in [2.75, 3.05) is 0 Å². The summed E-state index contributed by atoms with van der Waals surface area (Å²) in [6, 6.07) is 4.19. The molecule has 3 nitrogen and oxygen atoms in total. The summed E-state index contributed by atoms with van der Waals surface area (Å²) in [4.78, 5) is 11.0. The van der Waals surface area contributed by atoms with E-state index in [1.54, 1.807) is 0 Å². The summed E-state index contributed by atoms with van der Waals surface area (Å²) in [6.45, 7) is 3.27. The Bertz CT molecular complexity index is 329. The van der Waals surface area contributed by atoms with Gasteiger partial charge >= 0.3 is 0 Å². The summed E-state index contributed by atoms with van der Waals surface area (Å²) in [7, 11) is 0. The van der Waals surface area contributed by atoms with Crippen LogP contribution in [0.4, 0.5) is 0 Å². The molecule has 0 aliphatic rings. The van der Waals surface area contributed by atoms with Gasteiger partial charge in [0.1, 0.15) is 0 Å².